The zero-order chi connectivity index (χ0) is 11.4. The Bertz CT molecular complexity index is 351. The Morgan fingerprint density at radius 2 is 1.87 bits per heavy atom. The Morgan fingerprint density at radius 3 is 2.33 bits per heavy atom. The summed E-state index contributed by atoms with van der Waals surface area (Å²) in [4.78, 5) is 10.5. The highest BCUT2D eigenvalue weighted by Crippen LogP contribution is 2.15. The second-order valence-electron chi connectivity index (χ2n) is 2.93. The van der Waals surface area contributed by atoms with Gasteiger partial charge in [0.15, 0.2) is 0 Å². The van der Waals surface area contributed by atoms with E-state index in [0.29, 0.717) is 6.07 Å². The zero-order valence-corrected chi connectivity index (χ0v) is 7.74. The van der Waals surface area contributed by atoms with Gasteiger partial charge < -0.3 is 16.2 Å². The van der Waals surface area contributed by atoms with Gasteiger partial charge in [0.2, 0.25) is 5.91 Å². The maximum Gasteiger partial charge on any atom is 0.237 e. The third-order valence-electron chi connectivity index (χ3n) is 1.63. The lowest BCUT2D eigenvalue weighted by molar-refractivity contribution is -0.119. The van der Waals surface area contributed by atoms with Crippen molar-refractivity contribution in [1.29, 1.82) is 0 Å². The van der Waals surface area contributed by atoms with E-state index in [1.54, 1.807) is 0 Å². The van der Waals surface area contributed by atoms with Crippen LogP contribution in [0.1, 0.15) is 0 Å². The first kappa shape index (κ1) is 11.4. The molecule has 1 aromatic rings. The van der Waals surface area contributed by atoms with Crippen molar-refractivity contribution >= 4 is 5.91 Å². The average Bonchev–Trinajstić information content (AvgIpc) is 2.12. The Labute approximate surface area is 84.8 Å². The van der Waals surface area contributed by atoms with Crippen LogP contribution in [0.5, 0.6) is 5.75 Å². The van der Waals surface area contributed by atoms with E-state index in [-0.39, 0.29) is 12.4 Å². The molecule has 1 amide bonds. The predicted molar refractivity (Wildman–Crippen MR) is 49.0 cm³/mol. The first-order valence-electron chi connectivity index (χ1n) is 4.13. The highest BCUT2D eigenvalue weighted by molar-refractivity contribution is 5.79. The van der Waals surface area contributed by atoms with Crippen LogP contribution in [-0.2, 0) is 4.79 Å². The van der Waals surface area contributed by atoms with Crippen LogP contribution in [0.3, 0.4) is 0 Å². The van der Waals surface area contributed by atoms with E-state index in [1.165, 1.54) is 0 Å². The molecule has 1 rings (SSSR count). The number of nitrogens with two attached hydrogens (primary N) is 2. The molecule has 0 aliphatic rings. The van der Waals surface area contributed by atoms with Gasteiger partial charge in [-0.15, -0.1) is 0 Å². The Morgan fingerprint density at radius 1 is 1.33 bits per heavy atom. The monoisotopic (exact) mass is 216 g/mol. The fourth-order valence-electron chi connectivity index (χ4n) is 0.880. The fourth-order valence-corrected chi connectivity index (χ4v) is 0.880. The number of halogens is 2. The third kappa shape index (κ3) is 3.51. The Balaban J connectivity index is 2.61. The van der Waals surface area contributed by atoms with Gasteiger partial charge in [-0.1, -0.05) is 0 Å². The molecule has 4 N–H and O–H groups in total. The number of carbonyl (C=O) groups excluding carboxylic acids is 1. The van der Waals surface area contributed by atoms with Crippen molar-refractivity contribution in [3.8, 4) is 5.75 Å². The molecule has 15 heavy (non-hydrogen) atoms. The van der Waals surface area contributed by atoms with Crippen molar-refractivity contribution in [2.24, 2.45) is 11.5 Å². The van der Waals surface area contributed by atoms with E-state index in [2.05, 4.69) is 0 Å². The van der Waals surface area contributed by atoms with Crippen molar-refractivity contribution in [2.75, 3.05) is 6.61 Å². The number of carbonyl (C=O) groups is 1. The average molecular weight is 216 g/mol. The minimum Gasteiger partial charge on any atom is -0.491 e. The van der Waals surface area contributed by atoms with Crippen LogP contribution in [0.15, 0.2) is 18.2 Å². The Hall–Kier alpha value is -1.69. The molecule has 0 saturated heterocycles. The van der Waals surface area contributed by atoms with Crippen LogP contribution in [0.4, 0.5) is 8.78 Å². The molecule has 0 aliphatic carbocycles. The van der Waals surface area contributed by atoms with E-state index < -0.39 is 23.6 Å². The molecule has 0 spiro atoms. The third-order valence-corrected chi connectivity index (χ3v) is 1.63. The summed E-state index contributed by atoms with van der Waals surface area (Å²) < 4.78 is 30.2. The molecule has 0 aliphatic heterocycles. The van der Waals surface area contributed by atoms with Crippen LogP contribution in [0, 0.1) is 11.6 Å². The molecule has 6 heteroatoms. The molecule has 0 radical (unpaired) electrons. The quantitative estimate of drug-likeness (QED) is 0.752. The number of rotatable bonds is 4. The number of hydrogen-bond acceptors (Lipinski definition) is 3. The van der Waals surface area contributed by atoms with Crippen LogP contribution < -0.4 is 16.2 Å². The van der Waals surface area contributed by atoms with Gasteiger partial charge >= 0.3 is 0 Å². The summed E-state index contributed by atoms with van der Waals surface area (Å²) in [6.45, 7) is -0.224. The van der Waals surface area contributed by atoms with Gasteiger partial charge in [0, 0.05) is 18.2 Å². The van der Waals surface area contributed by atoms with Crippen molar-refractivity contribution < 1.29 is 18.3 Å². The lowest BCUT2D eigenvalue weighted by Gasteiger charge is -2.09. The first-order valence-corrected chi connectivity index (χ1v) is 4.13. The summed E-state index contributed by atoms with van der Waals surface area (Å²) in [7, 11) is 0. The molecule has 0 heterocycles. The van der Waals surface area contributed by atoms with Gasteiger partial charge in [-0.25, -0.2) is 8.78 Å². The van der Waals surface area contributed by atoms with Crippen LogP contribution in [0.2, 0.25) is 0 Å². The topological polar surface area (TPSA) is 78.3 Å². The molecular weight excluding hydrogens is 206 g/mol. The van der Waals surface area contributed by atoms with Crippen LogP contribution in [0.25, 0.3) is 0 Å². The zero-order valence-electron chi connectivity index (χ0n) is 7.74. The molecule has 1 unspecified atom stereocenters. The second kappa shape index (κ2) is 4.70. The van der Waals surface area contributed by atoms with Crippen molar-refractivity contribution in [1.82, 2.24) is 0 Å². The van der Waals surface area contributed by atoms with Gasteiger partial charge in [0.1, 0.15) is 30.0 Å². The minimum absolute atomic E-state index is 0.0378. The van der Waals surface area contributed by atoms with Gasteiger partial charge in [-0.2, -0.15) is 0 Å². The summed E-state index contributed by atoms with van der Waals surface area (Å²) >= 11 is 0. The smallest absolute Gasteiger partial charge is 0.237 e. The largest absolute Gasteiger partial charge is 0.491 e. The van der Waals surface area contributed by atoms with E-state index in [1.807, 2.05) is 0 Å². The van der Waals surface area contributed by atoms with Crippen LogP contribution >= 0.6 is 0 Å². The second-order valence-corrected chi connectivity index (χ2v) is 2.93. The number of hydrogen-bond donors (Lipinski definition) is 2. The summed E-state index contributed by atoms with van der Waals surface area (Å²) in [6.07, 6.45) is 0. The van der Waals surface area contributed by atoms with E-state index >= 15 is 0 Å². The molecule has 0 bridgehead atoms. The predicted octanol–water partition coefficient (Wildman–Crippen LogP) is 0.156. The van der Waals surface area contributed by atoms with E-state index in [4.69, 9.17) is 16.2 Å². The maximum atomic E-state index is 12.7. The SMILES string of the molecule is NC(=O)C(N)COc1cc(F)cc(F)c1. The summed E-state index contributed by atoms with van der Waals surface area (Å²) in [5.41, 5.74) is 10.1. The molecule has 0 saturated carbocycles. The molecular formula is C9H10F2N2O2. The van der Waals surface area contributed by atoms with Gasteiger partial charge in [0.05, 0.1) is 0 Å². The number of benzene rings is 1. The number of amides is 1. The normalized spacial score (nSPS) is 12.2. The molecule has 1 atom stereocenters. The van der Waals surface area contributed by atoms with E-state index in [0.717, 1.165) is 12.1 Å². The summed E-state index contributed by atoms with van der Waals surface area (Å²) in [6, 6.07) is 1.67. The summed E-state index contributed by atoms with van der Waals surface area (Å²) in [5.74, 6) is -2.31. The van der Waals surface area contributed by atoms with Gasteiger partial charge in [-0.05, 0) is 0 Å². The molecule has 1 aromatic carbocycles. The molecule has 82 valence electrons. The van der Waals surface area contributed by atoms with Crippen molar-refractivity contribution in [3.05, 3.63) is 29.8 Å². The molecule has 4 nitrogen and oxygen atoms in total. The standard InChI is InChI=1S/C9H10F2N2O2/c10-5-1-6(11)3-7(2-5)15-4-8(12)9(13)14/h1-3,8H,4,12H2,(H2,13,14). The van der Waals surface area contributed by atoms with E-state index in [9.17, 15) is 13.6 Å². The highest BCUT2D eigenvalue weighted by atomic mass is 19.1. The molecule has 0 fully saturated rings. The lowest BCUT2D eigenvalue weighted by atomic mass is 10.3. The fraction of sp³-hybridized carbons (Fsp3) is 0.222. The van der Waals surface area contributed by atoms with Gasteiger partial charge in [0.25, 0.3) is 0 Å². The number of ether oxygens (including phenoxy) is 1. The number of primary amides is 1. The van der Waals surface area contributed by atoms with Crippen molar-refractivity contribution in [2.45, 2.75) is 6.04 Å². The maximum absolute atomic E-state index is 12.7. The lowest BCUT2D eigenvalue weighted by Crippen LogP contribution is -2.41. The minimum atomic E-state index is -1.00. The van der Waals surface area contributed by atoms with Crippen LogP contribution in [-0.4, -0.2) is 18.6 Å². The highest BCUT2D eigenvalue weighted by Gasteiger charge is 2.10. The van der Waals surface area contributed by atoms with Gasteiger partial charge in [-0.3, -0.25) is 4.79 Å². The summed E-state index contributed by atoms with van der Waals surface area (Å²) in [5, 5.41) is 0. The molecule has 0 aromatic heterocycles. The Kier molecular flexibility index (Phi) is 3.56. The van der Waals surface area contributed by atoms with Crippen molar-refractivity contribution in [3.63, 3.8) is 0 Å². The first-order chi connectivity index (χ1) is 6.99.